The zero-order valence-electron chi connectivity index (χ0n) is 13.7. The van der Waals surface area contributed by atoms with E-state index in [-0.39, 0.29) is 16.8 Å². The monoisotopic (exact) mass is 458 g/mol. The molecule has 128 valence electrons. The van der Waals surface area contributed by atoms with Crippen LogP contribution in [0.3, 0.4) is 0 Å². The zero-order valence-corrected chi connectivity index (χ0v) is 16.6. The number of carbonyl (C=O) groups is 1. The molecule has 0 aliphatic rings. The van der Waals surface area contributed by atoms with E-state index in [0.29, 0.717) is 11.3 Å². The molecule has 0 unspecified atom stereocenters. The Bertz CT molecular complexity index is 850. The first-order valence-corrected chi connectivity index (χ1v) is 9.89. The quantitative estimate of drug-likeness (QED) is 0.697. The number of hydrogen-bond acceptors (Lipinski definition) is 3. The highest BCUT2D eigenvalue weighted by Gasteiger charge is 2.24. The number of nitrogens with one attached hydrogen (secondary N) is 1. The number of hydrogen-bond donors (Lipinski definition) is 1. The van der Waals surface area contributed by atoms with Gasteiger partial charge < -0.3 is 5.32 Å². The Morgan fingerprint density at radius 1 is 1.12 bits per heavy atom. The van der Waals surface area contributed by atoms with Crippen molar-refractivity contribution in [1.82, 2.24) is 4.31 Å². The fourth-order valence-electron chi connectivity index (χ4n) is 2.00. The van der Waals surface area contributed by atoms with E-state index in [4.69, 9.17) is 0 Å². The van der Waals surface area contributed by atoms with Gasteiger partial charge in [0.15, 0.2) is 0 Å². The van der Waals surface area contributed by atoms with Crippen LogP contribution in [0.2, 0.25) is 0 Å². The summed E-state index contributed by atoms with van der Waals surface area (Å²) in [6.45, 7) is 3.59. The lowest BCUT2D eigenvalue weighted by Crippen LogP contribution is -2.33. The Hall–Kier alpha value is -1.45. The maximum Gasteiger partial charge on any atom is 0.255 e. The lowest BCUT2D eigenvalue weighted by Gasteiger charge is -2.21. The highest BCUT2D eigenvalue weighted by molar-refractivity contribution is 14.1. The number of nitrogens with zero attached hydrogens (tertiary/aromatic N) is 1. The Morgan fingerprint density at radius 2 is 1.79 bits per heavy atom. The van der Waals surface area contributed by atoms with Crippen molar-refractivity contribution in [2.45, 2.75) is 24.8 Å². The maximum atomic E-state index is 12.6. The smallest absolute Gasteiger partial charge is 0.255 e. The van der Waals surface area contributed by atoms with Gasteiger partial charge in [-0.3, -0.25) is 4.79 Å². The molecule has 1 amide bonds. The minimum atomic E-state index is -3.62. The van der Waals surface area contributed by atoms with Gasteiger partial charge in [0.1, 0.15) is 0 Å². The normalized spacial score (nSPS) is 11.8. The molecule has 0 atom stereocenters. The molecule has 1 N–H and O–H groups in total. The van der Waals surface area contributed by atoms with Gasteiger partial charge in [-0.1, -0.05) is 18.2 Å². The van der Waals surface area contributed by atoms with Crippen LogP contribution in [-0.4, -0.2) is 31.7 Å². The van der Waals surface area contributed by atoms with E-state index in [1.807, 2.05) is 18.2 Å². The van der Waals surface area contributed by atoms with Crippen LogP contribution in [0.25, 0.3) is 0 Å². The van der Waals surface area contributed by atoms with Gasteiger partial charge in [-0.2, -0.15) is 4.31 Å². The molecule has 0 aliphatic carbocycles. The van der Waals surface area contributed by atoms with E-state index in [1.165, 1.54) is 23.5 Å². The lowest BCUT2D eigenvalue weighted by molar-refractivity contribution is 0.102. The number of anilines is 1. The van der Waals surface area contributed by atoms with Crippen molar-refractivity contribution in [3.05, 3.63) is 57.7 Å². The molecule has 0 heterocycles. The van der Waals surface area contributed by atoms with Gasteiger partial charge in [0.25, 0.3) is 5.91 Å². The molecule has 0 spiro atoms. The predicted octanol–water partition coefficient (Wildman–Crippen LogP) is 3.57. The topological polar surface area (TPSA) is 66.5 Å². The molecule has 0 fully saturated rings. The second-order valence-electron chi connectivity index (χ2n) is 5.58. The van der Waals surface area contributed by atoms with Crippen LogP contribution in [0, 0.1) is 3.57 Å². The van der Waals surface area contributed by atoms with Crippen LogP contribution in [0.1, 0.15) is 24.2 Å². The molecule has 0 aliphatic heterocycles. The molecule has 7 heteroatoms. The van der Waals surface area contributed by atoms with Crippen molar-refractivity contribution < 1.29 is 13.2 Å². The SMILES string of the molecule is CC(C)N(C)S(=O)(=O)c1cccc(C(=O)Nc2ccccc2I)c1. The number of benzene rings is 2. The number of para-hydroxylation sites is 1. The third-order valence-corrected chi connectivity index (χ3v) is 6.59. The van der Waals surface area contributed by atoms with Gasteiger partial charge in [0.05, 0.1) is 10.6 Å². The van der Waals surface area contributed by atoms with Gasteiger partial charge in [0.2, 0.25) is 10.0 Å². The summed E-state index contributed by atoms with van der Waals surface area (Å²) in [5, 5.41) is 2.80. The molecule has 2 rings (SSSR count). The molecular formula is C17H19IN2O3S. The fraction of sp³-hybridized carbons (Fsp3) is 0.235. The van der Waals surface area contributed by atoms with Crippen LogP contribution < -0.4 is 5.32 Å². The third kappa shape index (κ3) is 4.14. The van der Waals surface area contributed by atoms with Gasteiger partial charge in [-0.25, -0.2) is 8.42 Å². The predicted molar refractivity (Wildman–Crippen MR) is 104 cm³/mol. The van der Waals surface area contributed by atoms with E-state index in [0.717, 1.165) is 3.57 Å². The van der Waals surface area contributed by atoms with Gasteiger partial charge >= 0.3 is 0 Å². The number of halogens is 1. The van der Waals surface area contributed by atoms with E-state index in [1.54, 1.807) is 32.0 Å². The molecule has 0 aromatic heterocycles. The van der Waals surface area contributed by atoms with E-state index < -0.39 is 10.0 Å². The third-order valence-electron chi connectivity index (χ3n) is 3.62. The zero-order chi connectivity index (χ0) is 17.9. The first-order valence-electron chi connectivity index (χ1n) is 7.37. The summed E-state index contributed by atoms with van der Waals surface area (Å²) in [6, 6.07) is 13.3. The van der Waals surface area contributed by atoms with Crippen molar-refractivity contribution in [2.75, 3.05) is 12.4 Å². The van der Waals surface area contributed by atoms with Crippen molar-refractivity contribution in [1.29, 1.82) is 0 Å². The second-order valence-corrected chi connectivity index (χ2v) is 8.74. The summed E-state index contributed by atoms with van der Waals surface area (Å²) in [5.74, 6) is -0.344. The Morgan fingerprint density at radius 3 is 2.42 bits per heavy atom. The van der Waals surface area contributed by atoms with E-state index in [2.05, 4.69) is 27.9 Å². The van der Waals surface area contributed by atoms with Crippen LogP contribution in [0.5, 0.6) is 0 Å². The average Bonchev–Trinajstić information content (AvgIpc) is 2.56. The van der Waals surface area contributed by atoms with Crippen LogP contribution in [-0.2, 0) is 10.0 Å². The van der Waals surface area contributed by atoms with Gasteiger partial charge in [-0.05, 0) is 66.8 Å². The Balaban J connectivity index is 2.31. The maximum absolute atomic E-state index is 12.6. The minimum absolute atomic E-state index is 0.106. The number of amides is 1. The van der Waals surface area contributed by atoms with Gasteiger partial charge in [-0.15, -0.1) is 0 Å². The first kappa shape index (κ1) is 18.9. The molecule has 0 saturated carbocycles. The van der Waals surface area contributed by atoms with Crippen molar-refractivity contribution in [2.24, 2.45) is 0 Å². The van der Waals surface area contributed by atoms with Crippen LogP contribution in [0.15, 0.2) is 53.4 Å². The van der Waals surface area contributed by atoms with Crippen molar-refractivity contribution in [3.8, 4) is 0 Å². The summed E-state index contributed by atoms with van der Waals surface area (Å²) >= 11 is 2.13. The lowest BCUT2D eigenvalue weighted by atomic mass is 10.2. The highest BCUT2D eigenvalue weighted by Crippen LogP contribution is 2.20. The average molecular weight is 458 g/mol. The summed E-state index contributed by atoms with van der Waals surface area (Å²) < 4.78 is 27.3. The summed E-state index contributed by atoms with van der Waals surface area (Å²) in [5.41, 5.74) is 0.989. The summed E-state index contributed by atoms with van der Waals surface area (Å²) in [6.07, 6.45) is 0. The minimum Gasteiger partial charge on any atom is -0.321 e. The molecule has 24 heavy (non-hydrogen) atoms. The number of sulfonamides is 1. The molecular weight excluding hydrogens is 439 g/mol. The number of rotatable bonds is 5. The molecule has 0 radical (unpaired) electrons. The fourth-order valence-corrected chi connectivity index (χ4v) is 3.93. The van der Waals surface area contributed by atoms with Crippen LogP contribution in [0.4, 0.5) is 5.69 Å². The molecule has 5 nitrogen and oxygen atoms in total. The first-order chi connectivity index (χ1) is 11.2. The van der Waals surface area contributed by atoms with E-state index >= 15 is 0 Å². The van der Waals surface area contributed by atoms with Gasteiger partial charge in [0, 0.05) is 22.2 Å². The van der Waals surface area contributed by atoms with Crippen LogP contribution >= 0.6 is 22.6 Å². The Labute approximate surface area is 156 Å². The molecule has 0 bridgehead atoms. The summed E-state index contributed by atoms with van der Waals surface area (Å²) in [7, 11) is -2.10. The standard InChI is InChI=1S/C17H19IN2O3S/c1-12(2)20(3)24(22,23)14-8-6-7-13(11-14)17(21)19-16-10-5-4-9-15(16)18/h4-12H,1-3H3,(H,19,21). The van der Waals surface area contributed by atoms with Crippen molar-refractivity contribution >= 4 is 44.2 Å². The molecule has 0 saturated heterocycles. The van der Waals surface area contributed by atoms with E-state index in [9.17, 15) is 13.2 Å². The molecule has 2 aromatic carbocycles. The highest BCUT2D eigenvalue weighted by atomic mass is 127. The summed E-state index contributed by atoms with van der Waals surface area (Å²) in [4.78, 5) is 12.5. The second kappa shape index (κ2) is 7.62. The number of carbonyl (C=O) groups excluding carboxylic acids is 1. The van der Waals surface area contributed by atoms with Crippen molar-refractivity contribution in [3.63, 3.8) is 0 Å². The molecule has 2 aromatic rings. The largest absolute Gasteiger partial charge is 0.321 e. The Kier molecular flexibility index (Phi) is 6.00.